The number of ether oxygens (including phenoxy) is 1. The summed E-state index contributed by atoms with van der Waals surface area (Å²) in [5, 5.41) is 20.3. The summed E-state index contributed by atoms with van der Waals surface area (Å²) in [5.41, 5.74) is 3.43. The number of aromatic amines is 1. The van der Waals surface area contributed by atoms with Crippen LogP contribution in [0.4, 0.5) is 0 Å². The molecule has 0 radical (unpaired) electrons. The third-order valence-electron chi connectivity index (χ3n) is 3.86. The highest BCUT2D eigenvalue weighted by Gasteiger charge is 2.46. The Morgan fingerprint density at radius 3 is 2.30 bits per heavy atom. The van der Waals surface area contributed by atoms with Gasteiger partial charge < -0.3 is 40.3 Å². The second-order valence-electron chi connectivity index (χ2n) is 6.32. The zero-order valence-corrected chi connectivity index (χ0v) is 18.9. The molecular weight excluding hydrogens is 519 g/mol. The molecule has 0 aromatic carbocycles. The van der Waals surface area contributed by atoms with Gasteiger partial charge in [-0.05, 0) is 0 Å². The number of aliphatic hydroxyl groups excluding tert-OH is 2. The Morgan fingerprint density at radius 1 is 1.09 bits per heavy atom. The van der Waals surface area contributed by atoms with Gasteiger partial charge in [0.1, 0.15) is 18.3 Å². The summed E-state index contributed by atoms with van der Waals surface area (Å²) in [4.78, 5) is 61.4. The first kappa shape index (κ1) is 27.9. The maximum atomic E-state index is 12.1. The van der Waals surface area contributed by atoms with Gasteiger partial charge in [0.2, 0.25) is 0 Å². The van der Waals surface area contributed by atoms with Crippen LogP contribution in [-0.2, 0) is 31.6 Å². The van der Waals surface area contributed by atoms with Gasteiger partial charge in [0, 0.05) is 12.7 Å². The average molecular weight is 539 g/mol. The van der Waals surface area contributed by atoms with E-state index in [1.807, 2.05) is 4.98 Å². The van der Waals surface area contributed by atoms with Gasteiger partial charge in [-0.3, -0.25) is 18.9 Å². The van der Waals surface area contributed by atoms with Crippen LogP contribution in [0.15, 0.2) is 21.9 Å². The smallest absolute Gasteiger partial charge is 0.387 e. The molecule has 1 aliphatic heterocycles. The Bertz CT molecular complexity index is 1140. The van der Waals surface area contributed by atoms with E-state index in [2.05, 4.69) is 13.1 Å². The van der Waals surface area contributed by atoms with Crippen LogP contribution < -0.4 is 17.0 Å². The number of aromatic nitrogens is 2. The number of H-pyrrole nitrogens is 1. The van der Waals surface area contributed by atoms with E-state index in [4.69, 9.17) is 25.2 Å². The van der Waals surface area contributed by atoms with E-state index in [0.717, 1.165) is 10.8 Å². The first-order chi connectivity index (χ1) is 15.1. The predicted octanol–water partition coefficient (Wildman–Crippen LogP) is -2.53. The predicted molar refractivity (Wildman–Crippen MR) is 105 cm³/mol. The van der Waals surface area contributed by atoms with Crippen molar-refractivity contribution in [2.75, 3.05) is 13.2 Å². The molecule has 1 aliphatic rings. The van der Waals surface area contributed by atoms with Gasteiger partial charge in [-0.15, -0.1) is 0 Å². The standard InChI is InChI=1S/C12H20N3O15P3/c13-3-1-2-6-4-15(12(19)14-10(6)18)11-9(17)8(16)7(28-11)5-27-32(23,24)30-33(25,26)29-31(20,21)22/h1-2,4,7-9,11,16-17H,3,5,13H2,(H,23,24)(H,25,26)(H,14,18,19)(H2,20,21,22)/b2-1+/t7-,8?,9+,11-/m1/s1. The van der Waals surface area contributed by atoms with Gasteiger partial charge in [0.25, 0.3) is 5.56 Å². The summed E-state index contributed by atoms with van der Waals surface area (Å²) < 4.78 is 51.1. The summed E-state index contributed by atoms with van der Waals surface area (Å²) in [6.45, 7) is -1.00. The number of nitrogens with zero attached hydrogens (tertiary/aromatic N) is 1. The normalized spacial score (nSPS) is 27.5. The molecule has 21 heteroatoms. The molecule has 18 nitrogen and oxygen atoms in total. The van der Waals surface area contributed by atoms with Crippen LogP contribution in [0.1, 0.15) is 11.8 Å². The maximum Gasteiger partial charge on any atom is 0.490 e. The van der Waals surface area contributed by atoms with E-state index in [0.29, 0.717) is 0 Å². The van der Waals surface area contributed by atoms with Crippen molar-refractivity contribution < 1.29 is 61.4 Å². The highest BCUT2D eigenvalue weighted by atomic mass is 31.3. The number of hydrogen-bond donors (Lipinski definition) is 8. The van der Waals surface area contributed by atoms with Crippen LogP contribution >= 0.6 is 23.5 Å². The Kier molecular flexibility index (Phi) is 8.89. The van der Waals surface area contributed by atoms with Gasteiger partial charge in [0.05, 0.1) is 12.2 Å². The van der Waals surface area contributed by atoms with Crippen LogP contribution in [0.2, 0.25) is 0 Å². The molecular formula is C12H20N3O15P3. The molecule has 9 N–H and O–H groups in total. The monoisotopic (exact) mass is 539 g/mol. The summed E-state index contributed by atoms with van der Waals surface area (Å²) in [7, 11) is -16.9. The molecule has 33 heavy (non-hydrogen) atoms. The summed E-state index contributed by atoms with van der Waals surface area (Å²) >= 11 is 0. The average Bonchev–Trinajstić information content (AvgIpc) is 2.91. The highest BCUT2D eigenvalue weighted by molar-refractivity contribution is 7.66. The Balaban J connectivity index is 2.15. The molecule has 0 aliphatic carbocycles. The lowest BCUT2D eigenvalue weighted by atomic mass is 10.1. The molecule has 2 heterocycles. The summed E-state index contributed by atoms with van der Waals surface area (Å²) in [6, 6.07) is 0. The molecule has 1 fully saturated rings. The number of hydrogen-bond acceptors (Lipinski definition) is 12. The Hall–Kier alpha value is -1.33. The lowest BCUT2D eigenvalue weighted by molar-refractivity contribution is -0.0542. The van der Waals surface area contributed by atoms with Crippen LogP contribution in [0, 0.1) is 0 Å². The quantitative estimate of drug-likeness (QED) is 0.142. The minimum atomic E-state index is -5.76. The van der Waals surface area contributed by atoms with Gasteiger partial charge in [-0.25, -0.2) is 18.5 Å². The maximum absolute atomic E-state index is 12.1. The summed E-state index contributed by atoms with van der Waals surface area (Å²) in [5.74, 6) is 0. The molecule has 0 saturated carbocycles. The molecule has 0 amide bonds. The van der Waals surface area contributed by atoms with Crippen LogP contribution in [0.3, 0.4) is 0 Å². The van der Waals surface area contributed by atoms with E-state index in [1.54, 1.807) is 0 Å². The van der Waals surface area contributed by atoms with E-state index < -0.39 is 65.9 Å². The fourth-order valence-corrected chi connectivity index (χ4v) is 5.60. The molecule has 0 bridgehead atoms. The summed E-state index contributed by atoms with van der Waals surface area (Å²) in [6.07, 6.45) is -3.19. The van der Waals surface area contributed by atoms with E-state index in [9.17, 15) is 38.4 Å². The molecule has 1 saturated heterocycles. The van der Waals surface area contributed by atoms with Crippen molar-refractivity contribution in [1.29, 1.82) is 0 Å². The van der Waals surface area contributed by atoms with Gasteiger partial charge in [0.15, 0.2) is 6.23 Å². The van der Waals surface area contributed by atoms with Crippen molar-refractivity contribution in [3.63, 3.8) is 0 Å². The molecule has 1 aromatic heterocycles. The van der Waals surface area contributed by atoms with E-state index >= 15 is 0 Å². The van der Waals surface area contributed by atoms with Crippen molar-refractivity contribution in [2.45, 2.75) is 24.5 Å². The first-order valence-corrected chi connectivity index (χ1v) is 13.1. The molecule has 0 spiro atoms. The van der Waals surface area contributed by atoms with E-state index in [1.165, 1.54) is 12.2 Å². The van der Waals surface area contributed by atoms with Crippen molar-refractivity contribution in [3.05, 3.63) is 38.7 Å². The second kappa shape index (κ2) is 10.5. The molecule has 188 valence electrons. The van der Waals surface area contributed by atoms with Crippen LogP contribution in [0.5, 0.6) is 0 Å². The molecule has 2 rings (SSSR count). The Labute approximate surface area is 183 Å². The largest absolute Gasteiger partial charge is 0.490 e. The molecule has 3 unspecified atom stereocenters. The van der Waals surface area contributed by atoms with Crippen molar-refractivity contribution >= 4 is 29.5 Å². The number of nitrogens with two attached hydrogens (primary N) is 1. The number of rotatable bonds is 10. The van der Waals surface area contributed by atoms with Crippen LogP contribution in [-0.4, -0.2) is 70.8 Å². The van der Waals surface area contributed by atoms with Crippen molar-refractivity contribution in [3.8, 4) is 0 Å². The van der Waals surface area contributed by atoms with Gasteiger partial charge in [-0.1, -0.05) is 12.2 Å². The SMILES string of the molecule is NC/C=C/c1cn([C@@H]2O[C@H](COP(=O)(O)OP(=O)(O)OP(=O)(O)O)C(O)[C@@H]2O)c(=O)[nH]c1=O. The zero-order valence-electron chi connectivity index (χ0n) is 16.2. The minimum Gasteiger partial charge on any atom is -0.387 e. The number of aliphatic hydroxyl groups is 2. The lowest BCUT2D eigenvalue weighted by Gasteiger charge is -2.19. The van der Waals surface area contributed by atoms with Crippen molar-refractivity contribution in [2.24, 2.45) is 5.73 Å². The second-order valence-corrected chi connectivity index (χ2v) is 10.7. The third kappa shape index (κ3) is 7.85. The van der Waals surface area contributed by atoms with Gasteiger partial charge >= 0.3 is 29.2 Å². The topological polar surface area (TPSA) is 290 Å². The van der Waals surface area contributed by atoms with Crippen LogP contribution in [0.25, 0.3) is 6.08 Å². The minimum absolute atomic E-state index is 0.0537. The first-order valence-electron chi connectivity index (χ1n) is 8.57. The van der Waals surface area contributed by atoms with E-state index in [-0.39, 0.29) is 12.1 Å². The highest BCUT2D eigenvalue weighted by Crippen LogP contribution is 2.66. The Morgan fingerprint density at radius 2 is 1.73 bits per heavy atom. The third-order valence-corrected chi connectivity index (χ3v) is 7.66. The van der Waals surface area contributed by atoms with Crippen molar-refractivity contribution in [1.82, 2.24) is 9.55 Å². The zero-order chi connectivity index (χ0) is 25.2. The number of phosphoric acid groups is 3. The number of phosphoric ester groups is 1. The van der Waals surface area contributed by atoms with Gasteiger partial charge in [-0.2, -0.15) is 8.62 Å². The molecule has 1 aromatic rings. The fourth-order valence-electron chi connectivity index (χ4n) is 2.57. The molecule has 6 atom stereocenters. The fraction of sp³-hybridized carbons (Fsp3) is 0.500. The lowest BCUT2D eigenvalue weighted by Crippen LogP contribution is -2.38. The number of nitrogens with one attached hydrogen (secondary N) is 1.